The molecule has 0 saturated heterocycles. The maximum Gasteiger partial charge on any atom is 0.163 e. The van der Waals surface area contributed by atoms with Crippen molar-refractivity contribution in [3.05, 3.63) is 0 Å². The van der Waals surface area contributed by atoms with Gasteiger partial charge in [-0.1, -0.05) is 20.3 Å². The summed E-state index contributed by atoms with van der Waals surface area (Å²) in [4.78, 5) is 9.68. The average molecular weight is 177 g/mol. The predicted molar refractivity (Wildman–Crippen MR) is 46.5 cm³/mol. The lowest BCUT2D eigenvalue weighted by atomic mass is 10.1. The molecule has 0 radical (unpaired) electrons. The molecular weight excluding hydrogens is 158 g/mol. The van der Waals surface area contributed by atoms with Gasteiger partial charge in [0, 0.05) is 7.05 Å². The quantitative estimate of drug-likeness (QED) is 0.389. The second-order valence-corrected chi connectivity index (χ2v) is 2.62. The normalized spacial score (nSPS) is 16.0. The molecule has 0 aromatic rings. The topological polar surface area (TPSA) is 68.5 Å². The highest BCUT2D eigenvalue weighted by molar-refractivity contribution is 4.70. The highest BCUT2D eigenvalue weighted by Gasteiger charge is 2.28. The molecule has 4 N–H and O–H groups in total. The van der Waals surface area contributed by atoms with Crippen LogP contribution in [0.4, 0.5) is 0 Å². The average Bonchev–Trinajstić information content (AvgIpc) is 2.06. The minimum atomic E-state index is -0.516. The predicted octanol–water partition coefficient (Wildman–Crippen LogP) is 0.439. The summed E-state index contributed by atoms with van der Waals surface area (Å²) in [5, 5.41) is 0. The molecule has 0 bridgehead atoms. The summed E-state index contributed by atoms with van der Waals surface area (Å²) < 4.78 is 0. The van der Waals surface area contributed by atoms with Gasteiger partial charge in [0.05, 0.1) is 0 Å². The smallest absolute Gasteiger partial charge is 0.163 e. The zero-order chi connectivity index (χ0) is 9.45. The van der Waals surface area contributed by atoms with Gasteiger partial charge in [0.1, 0.15) is 0 Å². The molecular formula is C7H19N3O2. The van der Waals surface area contributed by atoms with Gasteiger partial charge in [-0.25, -0.2) is 10.4 Å². The van der Waals surface area contributed by atoms with Crippen molar-refractivity contribution in [2.75, 3.05) is 7.05 Å². The Hall–Kier alpha value is -0.200. The summed E-state index contributed by atoms with van der Waals surface area (Å²) >= 11 is 0. The van der Waals surface area contributed by atoms with E-state index in [1.807, 2.05) is 6.92 Å². The van der Waals surface area contributed by atoms with E-state index in [9.17, 15) is 0 Å². The molecule has 5 nitrogen and oxygen atoms in total. The van der Waals surface area contributed by atoms with Crippen molar-refractivity contribution in [3.8, 4) is 0 Å². The first kappa shape index (κ1) is 11.8. The van der Waals surface area contributed by atoms with E-state index in [4.69, 9.17) is 10.7 Å². The lowest BCUT2D eigenvalue weighted by Crippen LogP contribution is -2.50. The van der Waals surface area contributed by atoms with Crippen molar-refractivity contribution in [1.29, 1.82) is 0 Å². The second-order valence-electron chi connectivity index (χ2n) is 2.62. The van der Waals surface area contributed by atoms with Crippen LogP contribution in [0.3, 0.4) is 0 Å². The van der Waals surface area contributed by atoms with Gasteiger partial charge in [-0.3, -0.25) is 4.84 Å². The van der Waals surface area contributed by atoms with Crippen LogP contribution >= 0.6 is 0 Å². The van der Waals surface area contributed by atoms with E-state index in [0.29, 0.717) is 0 Å². The van der Waals surface area contributed by atoms with Gasteiger partial charge in [0.2, 0.25) is 0 Å². The second kappa shape index (κ2) is 6.33. The number of nitrogens with two attached hydrogens (primary N) is 1. The van der Waals surface area contributed by atoms with Crippen molar-refractivity contribution in [3.63, 3.8) is 0 Å². The van der Waals surface area contributed by atoms with Crippen LogP contribution in [0.2, 0.25) is 0 Å². The molecule has 1 unspecified atom stereocenters. The van der Waals surface area contributed by atoms with Crippen LogP contribution in [0.5, 0.6) is 0 Å². The fraction of sp³-hybridized carbons (Fsp3) is 1.00. The van der Waals surface area contributed by atoms with Gasteiger partial charge >= 0.3 is 0 Å². The minimum absolute atomic E-state index is 0.516. The number of hydroxylamine groups is 2. The lowest BCUT2D eigenvalue weighted by molar-refractivity contribution is -0.200. The Balaban J connectivity index is 4.06. The number of hydrogen-bond acceptors (Lipinski definition) is 5. The summed E-state index contributed by atoms with van der Waals surface area (Å²) in [5.74, 6) is 4.93. The molecule has 0 aliphatic carbocycles. The van der Waals surface area contributed by atoms with Gasteiger partial charge < -0.3 is 0 Å². The van der Waals surface area contributed by atoms with Gasteiger partial charge in [-0.05, 0) is 12.8 Å². The van der Waals surface area contributed by atoms with E-state index >= 15 is 0 Å². The Morgan fingerprint density at radius 2 is 2.08 bits per heavy atom. The van der Waals surface area contributed by atoms with Gasteiger partial charge in [0.25, 0.3) is 0 Å². The monoisotopic (exact) mass is 177 g/mol. The molecule has 0 amide bonds. The van der Waals surface area contributed by atoms with Crippen LogP contribution in [0.1, 0.15) is 33.1 Å². The molecule has 0 aromatic carbocycles. The SMILES string of the molecule is CCCC(CC)(NON)ONC. The Labute approximate surface area is 73.5 Å². The third kappa shape index (κ3) is 3.46. The van der Waals surface area contributed by atoms with Crippen LogP contribution in [-0.4, -0.2) is 12.8 Å². The van der Waals surface area contributed by atoms with Crippen LogP contribution in [0, 0.1) is 0 Å². The molecule has 1 atom stereocenters. The number of rotatable bonds is 7. The molecule has 0 heterocycles. The van der Waals surface area contributed by atoms with Crippen molar-refractivity contribution < 1.29 is 9.78 Å². The first-order valence-electron chi connectivity index (χ1n) is 4.22. The molecule has 0 aromatic heterocycles. The summed E-state index contributed by atoms with van der Waals surface area (Å²) in [5.41, 5.74) is 4.76. The third-order valence-corrected chi connectivity index (χ3v) is 1.77. The molecule has 5 heteroatoms. The van der Waals surface area contributed by atoms with E-state index in [2.05, 4.69) is 22.8 Å². The first-order valence-corrected chi connectivity index (χ1v) is 4.22. The Kier molecular flexibility index (Phi) is 6.23. The van der Waals surface area contributed by atoms with Crippen molar-refractivity contribution >= 4 is 0 Å². The van der Waals surface area contributed by atoms with Crippen molar-refractivity contribution in [1.82, 2.24) is 11.0 Å². The highest BCUT2D eigenvalue weighted by atomic mass is 16.8. The highest BCUT2D eigenvalue weighted by Crippen LogP contribution is 2.17. The number of hydrogen-bond donors (Lipinski definition) is 3. The Morgan fingerprint density at radius 3 is 2.42 bits per heavy atom. The van der Waals surface area contributed by atoms with Gasteiger partial charge in [-0.2, -0.15) is 5.90 Å². The van der Waals surface area contributed by atoms with Crippen LogP contribution in [0.15, 0.2) is 0 Å². The lowest BCUT2D eigenvalue weighted by Gasteiger charge is -2.30. The molecule has 0 rings (SSSR count). The molecule has 0 fully saturated rings. The first-order chi connectivity index (χ1) is 5.74. The van der Waals surface area contributed by atoms with E-state index in [0.717, 1.165) is 19.3 Å². The van der Waals surface area contributed by atoms with E-state index < -0.39 is 5.72 Å². The van der Waals surface area contributed by atoms with E-state index in [1.54, 1.807) is 7.05 Å². The molecule has 74 valence electrons. The fourth-order valence-corrected chi connectivity index (χ4v) is 1.15. The molecule has 0 saturated carbocycles. The van der Waals surface area contributed by atoms with Crippen LogP contribution < -0.4 is 16.9 Å². The molecule has 12 heavy (non-hydrogen) atoms. The molecule has 0 spiro atoms. The number of nitrogens with one attached hydrogen (secondary N) is 2. The zero-order valence-corrected chi connectivity index (χ0v) is 8.02. The Morgan fingerprint density at radius 1 is 1.42 bits per heavy atom. The summed E-state index contributed by atoms with van der Waals surface area (Å²) in [6, 6.07) is 0. The zero-order valence-electron chi connectivity index (χ0n) is 8.02. The fourth-order valence-electron chi connectivity index (χ4n) is 1.15. The van der Waals surface area contributed by atoms with Crippen LogP contribution in [-0.2, 0) is 9.78 Å². The van der Waals surface area contributed by atoms with Crippen molar-refractivity contribution in [2.24, 2.45) is 5.90 Å². The Bertz CT molecular complexity index is 93.8. The summed E-state index contributed by atoms with van der Waals surface area (Å²) in [6.45, 7) is 4.07. The van der Waals surface area contributed by atoms with Gasteiger partial charge in [-0.15, -0.1) is 5.48 Å². The van der Waals surface area contributed by atoms with E-state index in [1.165, 1.54) is 0 Å². The van der Waals surface area contributed by atoms with Crippen LogP contribution in [0.25, 0.3) is 0 Å². The maximum absolute atomic E-state index is 5.29. The van der Waals surface area contributed by atoms with Crippen molar-refractivity contribution in [2.45, 2.75) is 38.8 Å². The summed E-state index contributed by atoms with van der Waals surface area (Å²) in [6.07, 6.45) is 2.60. The van der Waals surface area contributed by atoms with E-state index in [-0.39, 0.29) is 0 Å². The minimum Gasteiger partial charge on any atom is -0.278 e. The van der Waals surface area contributed by atoms with Gasteiger partial charge in [0.15, 0.2) is 5.72 Å². The standard InChI is InChI=1S/C7H19N3O2/c1-4-6-7(5-2,10-12-8)11-9-3/h9-10H,4-6,8H2,1-3H3. The molecule has 0 aliphatic rings. The molecule has 0 aliphatic heterocycles. The maximum atomic E-state index is 5.29. The summed E-state index contributed by atoms with van der Waals surface area (Å²) in [7, 11) is 1.71. The third-order valence-electron chi connectivity index (χ3n) is 1.77. The largest absolute Gasteiger partial charge is 0.278 e.